The van der Waals surface area contributed by atoms with Crippen molar-refractivity contribution >= 4 is 16.7 Å². The van der Waals surface area contributed by atoms with Crippen LogP contribution in [0.1, 0.15) is 12.5 Å². The third-order valence-corrected chi connectivity index (χ3v) is 3.19. The molecule has 2 aromatic carbocycles. The summed E-state index contributed by atoms with van der Waals surface area (Å²) in [6.45, 7) is 2.45. The lowest BCUT2D eigenvalue weighted by Crippen LogP contribution is -2.23. The first kappa shape index (κ1) is 14.1. The molecule has 0 aliphatic rings. The fourth-order valence-electron chi connectivity index (χ4n) is 2.19. The van der Waals surface area contributed by atoms with Gasteiger partial charge in [0.2, 0.25) is 5.91 Å². The number of methoxy groups -OCH3 is 1. The van der Waals surface area contributed by atoms with E-state index in [1.807, 2.05) is 25.1 Å². The minimum atomic E-state index is -0.0506. The fourth-order valence-corrected chi connectivity index (χ4v) is 2.19. The molecule has 0 unspecified atom stereocenters. The lowest BCUT2D eigenvalue weighted by molar-refractivity contribution is -0.116. The zero-order valence-corrected chi connectivity index (χ0v) is 11.8. The molecule has 0 radical (unpaired) electrons. The molecule has 20 heavy (non-hydrogen) atoms. The summed E-state index contributed by atoms with van der Waals surface area (Å²) in [6.07, 6.45) is 4.07. The normalized spacial score (nSPS) is 10.9. The van der Waals surface area contributed by atoms with Gasteiger partial charge in [-0.15, -0.1) is 0 Å². The van der Waals surface area contributed by atoms with Crippen LogP contribution in [0.2, 0.25) is 0 Å². The van der Waals surface area contributed by atoms with Crippen molar-refractivity contribution in [3.8, 4) is 5.75 Å². The Hall–Kier alpha value is -2.29. The van der Waals surface area contributed by atoms with E-state index in [2.05, 4.69) is 23.5 Å². The first-order valence-electron chi connectivity index (χ1n) is 6.71. The van der Waals surface area contributed by atoms with Gasteiger partial charge in [-0.3, -0.25) is 4.79 Å². The van der Waals surface area contributed by atoms with Crippen molar-refractivity contribution < 1.29 is 9.53 Å². The number of hydrogen-bond acceptors (Lipinski definition) is 2. The number of nitrogens with one attached hydrogen (secondary N) is 1. The maximum absolute atomic E-state index is 11.4. The monoisotopic (exact) mass is 269 g/mol. The number of allylic oxidation sites excluding steroid dienone is 1. The van der Waals surface area contributed by atoms with Gasteiger partial charge in [0.05, 0.1) is 7.11 Å². The van der Waals surface area contributed by atoms with E-state index in [-0.39, 0.29) is 5.91 Å². The predicted octanol–water partition coefficient (Wildman–Crippen LogP) is 3.08. The molecule has 3 heteroatoms. The molecular formula is C17H19NO2. The Bertz CT molecular complexity index is 632. The fraction of sp³-hybridized carbons (Fsp3) is 0.235. The smallest absolute Gasteiger partial charge is 0.243 e. The molecule has 0 aromatic heterocycles. The van der Waals surface area contributed by atoms with Crippen LogP contribution in [-0.4, -0.2) is 19.6 Å². The van der Waals surface area contributed by atoms with Crippen LogP contribution in [0, 0.1) is 0 Å². The molecule has 1 amide bonds. The van der Waals surface area contributed by atoms with Gasteiger partial charge >= 0.3 is 0 Å². The Morgan fingerprint density at radius 1 is 1.30 bits per heavy atom. The molecule has 2 rings (SSSR count). The zero-order valence-electron chi connectivity index (χ0n) is 11.8. The van der Waals surface area contributed by atoms with Crippen LogP contribution in [0.25, 0.3) is 10.8 Å². The van der Waals surface area contributed by atoms with Gasteiger partial charge in [0.1, 0.15) is 5.75 Å². The number of carbonyl (C=O) groups is 1. The second-order valence-corrected chi connectivity index (χ2v) is 4.55. The molecule has 0 atom stereocenters. The van der Waals surface area contributed by atoms with Crippen LogP contribution in [0.3, 0.4) is 0 Å². The topological polar surface area (TPSA) is 38.3 Å². The van der Waals surface area contributed by atoms with Crippen molar-refractivity contribution in [1.29, 1.82) is 0 Å². The molecule has 0 aliphatic heterocycles. The molecule has 0 bridgehead atoms. The molecule has 0 saturated carbocycles. The Morgan fingerprint density at radius 2 is 2.15 bits per heavy atom. The Kier molecular flexibility index (Phi) is 4.77. The third-order valence-electron chi connectivity index (χ3n) is 3.19. The van der Waals surface area contributed by atoms with E-state index in [1.165, 1.54) is 22.4 Å². The van der Waals surface area contributed by atoms with E-state index in [0.717, 1.165) is 12.2 Å². The van der Waals surface area contributed by atoms with E-state index in [4.69, 9.17) is 4.74 Å². The van der Waals surface area contributed by atoms with Crippen LogP contribution in [0.4, 0.5) is 0 Å². The van der Waals surface area contributed by atoms with Gasteiger partial charge in [0, 0.05) is 6.54 Å². The highest BCUT2D eigenvalue weighted by Crippen LogP contribution is 2.24. The van der Waals surface area contributed by atoms with Crippen LogP contribution >= 0.6 is 0 Å². The van der Waals surface area contributed by atoms with Crippen molar-refractivity contribution in [1.82, 2.24) is 5.32 Å². The highest BCUT2D eigenvalue weighted by molar-refractivity contribution is 5.88. The highest BCUT2D eigenvalue weighted by Gasteiger charge is 2.03. The summed E-state index contributed by atoms with van der Waals surface area (Å²) in [6, 6.07) is 12.3. The molecule has 0 fully saturated rings. The molecule has 0 spiro atoms. The van der Waals surface area contributed by atoms with Gasteiger partial charge in [-0.1, -0.05) is 30.3 Å². The molecule has 0 saturated heterocycles. The van der Waals surface area contributed by atoms with Gasteiger partial charge in [-0.25, -0.2) is 0 Å². The predicted molar refractivity (Wildman–Crippen MR) is 82.0 cm³/mol. The number of rotatable bonds is 5. The van der Waals surface area contributed by atoms with Crippen molar-refractivity contribution in [3.05, 3.63) is 54.1 Å². The Labute approximate surface area is 119 Å². The lowest BCUT2D eigenvalue weighted by atomic mass is 10.0. The summed E-state index contributed by atoms with van der Waals surface area (Å²) >= 11 is 0. The second-order valence-electron chi connectivity index (χ2n) is 4.55. The lowest BCUT2D eigenvalue weighted by Gasteiger charge is -2.09. The summed E-state index contributed by atoms with van der Waals surface area (Å²) in [4.78, 5) is 11.4. The number of benzene rings is 2. The van der Waals surface area contributed by atoms with Gasteiger partial charge in [-0.2, -0.15) is 0 Å². The van der Waals surface area contributed by atoms with Crippen molar-refractivity contribution in [2.45, 2.75) is 13.3 Å². The van der Waals surface area contributed by atoms with Gasteiger partial charge < -0.3 is 10.1 Å². The summed E-state index contributed by atoms with van der Waals surface area (Å²) < 4.78 is 5.27. The average molecular weight is 269 g/mol. The van der Waals surface area contributed by atoms with Crippen LogP contribution < -0.4 is 10.1 Å². The molecule has 0 aliphatic carbocycles. The molecule has 104 valence electrons. The molecule has 0 heterocycles. The Balaban J connectivity index is 2.15. The number of hydrogen-bond donors (Lipinski definition) is 1. The standard InChI is InChI=1S/C17H19NO2/c1-3-5-17(19)18-11-10-14-7-4-6-13-8-9-15(20-2)12-16(13)14/h3-9,12H,10-11H2,1-2H3,(H,18,19)/b5-3+. The number of fused-ring (bicyclic) bond motifs is 1. The highest BCUT2D eigenvalue weighted by atomic mass is 16.5. The molecule has 3 nitrogen and oxygen atoms in total. The minimum absolute atomic E-state index is 0.0506. The van der Waals surface area contributed by atoms with Crippen LogP contribution in [-0.2, 0) is 11.2 Å². The van der Waals surface area contributed by atoms with Crippen molar-refractivity contribution in [2.24, 2.45) is 0 Å². The number of amides is 1. The maximum Gasteiger partial charge on any atom is 0.243 e. The van der Waals surface area contributed by atoms with Gasteiger partial charge in [-0.05, 0) is 47.9 Å². The average Bonchev–Trinajstić information content (AvgIpc) is 2.47. The SMILES string of the molecule is C/C=C/C(=O)NCCc1cccc2ccc(OC)cc12. The Morgan fingerprint density at radius 3 is 2.90 bits per heavy atom. The van der Waals surface area contributed by atoms with E-state index in [0.29, 0.717) is 6.54 Å². The number of ether oxygens (including phenoxy) is 1. The quantitative estimate of drug-likeness (QED) is 0.847. The van der Waals surface area contributed by atoms with Crippen LogP contribution in [0.5, 0.6) is 5.75 Å². The van der Waals surface area contributed by atoms with E-state index < -0.39 is 0 Å². The maximum atomic E-state index is 11.4. The van der Waals surface area contributed by atoms with E-state index >= 15 is 0 Å². The molecular weight excluding hydrogens is 250 g/mol. The van der Waals surface area contributed by atoms with Crippen molar-refractivity contribution in [3.63, 3.8) is 0 Å². The van der Waals surface area contributed by atoms with Crippen molar-refractivity contribution in [2.75, 3.05) is 13.7 Å². The van der Waals surface area contributed by atoms with Crippen LogP contribution in [0.15, 0.2) is 48.6 Å². The summed E-state index contributed by atoms with van der Waals surface area (Å²) in [5, 5.41) is 5.23. The van der Waals surface area contributed by atoms with E-state index in [9.17, 15) is 4.79 Å². The summed E-state index contributed by atoms with van der Waals surface area (Å²) in [7, 11) is 1.67. The summed E-state index contributed by atoms with van der Waals surface area (Å²) in [5.41, 5.74) is 1.21. The third kappa shape index (κ3) is 3.38. The van der Waals surface area contributed by atoms with Gasteiger partial charge in [0.25, 0.3) is 0 Å². The summed E-state index contributed by atoms with van der Waals surface area (Å²) in [5.74, 6) is 0.799. The molecule has 2 aromatic rings. The first-order valence-corrected chi connectivity index (χ1v) is 6.71. The minimum Gasteiger partial charge on any atom is -0.497 e. The second kappa shape index (κ2) is 6.75. The van der Waals surface area contributed by atoms with Gasteiger partial charge in [0.15, 0.2) is 0 Å². The number of carbonyl (C=O) groups excluding carboxylic acids is 1. The molecule has 1 N–H and O–H groups in total. The van der Waals surface area contributed by atoms with E-state index in [1.54, 1.807) is 13.2 Å². The first-order chi connectivity index (χ1) is 9.74. The zero-order chi connectivity index (χ0) is 14.4. The largest absolute Gasteiger partial charge is 0.497 e.